The maximum atomic E-state index is 11.8. The summed E-state index contributed by atoms with van der Waals surface area (Å²) in [6.07, 6.45) is 0. The number of benzene rings is 1. The van der Waals surface area contributed by atoms with E-state index in [0.717, 1.165) is 11.8 Å². The van der Waals surface area contributed by atoms with Gasteiger partial charge in [0.2, 0.25) is 5.91 Å². The first kappa shape index (κ1) is 17.0. The van der Waals surface area contributed by atoms with Gasteiger partial charge in [0.15, 0.2) is 5.16 Å². The van der Waals surface area contributed by atoms with E-state index in [1.807, 2.05) is 0 Å². The van der Waals surface area contributed by atoms with E-state index in [1.54, 1.807) is 12.1 Å². The molecule has 2 rings (SSSR count). The molecular weight excluding hydrogens is 342 g/mol. The molecule has 2 amide bonds. The molecule has 0 unspecified atom stereocenters. The molecule has 0 radical (unpaired) electrons. The molecule has 0 saturated carbocycles. The van der Waals surface area contributed by atoms with Crippen LogP contribution in [0.15, 0.2) is 34.2 Å². The molecule has 1 heterocycles. The minimum atomic E-state index is -0.469. The van der Waals surface area contributed by atoms with Crippen LogP contribution < -0.4 is 16.4 Å². The van der Waals surface area contributed by atoms with Gasteiger partial charge in [-0.15, -0.1) is 10.2 Å². The van der Waals surface area contributed by atoms with E-state index in [1.165, 1.54) is 19.1 Å². The molecule has 0 aliphatic carbocycles. The largest absolute Gasteiger partial charge is 0.298 e. The summed E-state index contributed by atoms with van der Waals surface area (Å²) in [5, 5.41) is 8.12. The van der Waals surface area contributed by atoms with E-state index in [4.69, 9.17) is 11.6 Å². The van der Waals surface area contributed by atoms with Gasteiger partial charge in [0.05, 0.1) is 5.75 Å². The number of carbonyl (C=O) groups excluding carboxylic acids is 2. The van der Waals surface area contributed by atoms with Crippen molar-refractivity contribution in [3.63, 3.8) is 0 Å². The molecule has 10 heteroatoms. The number of amides is 2. The summed E-state index contributed by atoms with van der Waals surface area (Å²) < 4.78 is 0. The Labute approximate surface area is 140 Å². The Morgan fingerprint density at radius 2 is 1.91 bits per heavy atom. The second-order valence-corrected chi connectivity index (χ2v) is 5.74. The molecular formula is C13H12ClN5O3S. The summed E-state index contributed by atoms with van der Waals surface area (Å²) in [6, 6.07) is 6.21. The third kappa shape index (κ3) is 5.08. The summed E-state index contributed by atoms with van der Waals surface area (Å²) in [5.74, 6) is -0.974. The Kier molecular flexibility index (Phi) is 5.72. The zero-order chi connectivity index (χ0) is 16.8. The van der Waals surface area contributed by atoms with Crippen molar-refractivity contribution >= 4 is 35.2 Å². The highest BCUT2D eigenvalue weighted by Crippen LogP contribution is 2.10. The number of thioether (sulfide) groups is 1. The number of nitrogens with zero attached hydrogens (tertiary/aromatic N) is 2. The minimum Gasteiger partial charge on any atom is -0.298 e. The zero-order valence-electron chi connectivity index (χ0n) is 11.9. The lowest BCUT2D eigenvalue weighted by molar-refractivity contribution is -0.119. The molecule has 1 aromatic heterocycles. The average molecular weight is 354 g/mol. The molecule has 0 saturated heterocycles. The van der Waals surface area contributed by atoms with Crippen molar-refractivity contribution in [1.82, 2.24) is 26.0 Å². The maximum absolute atomic E-state index is 11.8. The molecule has 0 atom stereocenters. The molecule has 8 nitrogen and oxygen atoms in total. The molecule has 3 N–H and O–H groups in total. The standard InChI is InChI=1S/C13H12ClN5O3S/c1-7-11(21)15-13(19-16-7)23-6-10(20)17-18-12(22)8-2-4-9(14)5-3-8/h2-5H,6H2,1H3,(H,17,20)(H,18,22)(H,15,19,21). The molecule has 120 valence electrons. The third-order valence-electron chi connectivity index (χ3n) is 2.60. The van der Waals surface area contributed by atoms with Gasteiger partial charge in [-0.05, 0) is 31.2 Å². The highest BCUT2D eigenvalue weighted by molar-refractivity contribution is 7.99. The SMILES string of the molecule is Cc1nnc(SCC(=O)NNC(=O)c2ccc(Cl)cc2)[nH]c1=O. The molecule has 0 spiro atoms. The number of nitrogens with one attached hydrogen (secondary N) is 3. The number of halogens is 1. The van der Waals surface area contributed by atoms with Gasteiger partial charge in [-0.3, -0.25) is 30.2 Å². The quantitative estimate of drug-likeness (QED) is 0.549. The van der Waals surface area contributed by atoms with Crippen molar-refractivity contribution in [2.24, 2.45) is 0 Å². The van der Waals surface area contributed by atoms with E-state index in [0.29, 0.717) is 10.6 Å². The van der Waals surface area contributed by atoms with Crippen LogP contribution in [0.1, 0.15) is 16.1 Å². The number of hydrazine groups is 1. The topological polar surface area (TPSA) is 117 Å². The van der Waals surface area contributed by atoms with Gasteiger partial charge >= 0.3 is 0 Å². The zero-order valence-corrected chi connectivity index (χ0v) is 13.5. The number of rotatable bonds is 4. The number of H-pyrrole nitrogens is 1. The first-order chi connectivity index (χ1) is 11.0. The van der Waals surface area contributed by atoms with Crippen molar-refractivity contribution in [2.45, 2.75) is 12.1 Å². The fraction of sp³-hybridized carbons (Fsp3) is 0.154. The molecule has 23 heavy (non-hydrogen) atoms. The van der Waals surface area contributed by atoms with Gasteiger partial charge < -0.3 is 0 Å². The van der Waals surface area contributed by atoms with Gasteiger partial charge in [-0.25, -0.2) is 0 Å². The summed E-state index contributed by atoms with van der Waals surface area (Å²) in [6.45, 7) is 1.53. The van der Waals surface area contributed by atoms with E-state index < -0.39 is 11.8 Å². The number of carbonyl (C=O) groups is 2. The van der Waals surface area contributed by atoms with E-state index in [-0.39, 0.29) is 22.2 Å². The first-order valence-electron chi connectivity index (χ1n) is 6.37. The summed E-state index contributed by atoms with van der Waals surface area (Å²) in [4.78, 5) is 37.2. The van der Waals surface area contributed by atoms with Crippen molar-refractivity contribution < 1.29 is 9.59 Å². The number of aromatic nitrogens is 3. The maximum Gasteiger partial charge on any atom is 0.273 e. The smallest absolute Gasteiger partial charge is 0.273 e. The van der Waals surface area contributed by atoms with E-state index in [2.05, 4.69) is 26.0 Å². The van der Waals surface area contributed by atoms with Gasteiger partial charge in [0.25, 0.3) is 11.5 Å². The lowest BCUT2D eigenvalue weighted by Crippen LogP contribution is -2.42. The second-order valence-electron chi connectivity index (χ2n) is 4.34. The summed E-state index contributed by atoms with van der Waals surface area (Å²) in [7, 11) is 0. The molecule has 0 aliphatic heterocycles. The number of aromatic amines is 1. The van der Waals surface area contributed by atoms with Crippen LogP contribution >= 0.6 is 23.4 Å². The first-order valence-corrected chi connectivity index (χ1v) is 7.73. The molecule has 0 aliphatic rings. The van der Waals surface area contributed by atoms with Gasteiger partial charge in [0.1, 0.15) is 5.69 Å². The van der Waals surface area contributed by atoms with Crippen LogP contribution in [0.5, 0.6) is 0 Å². The predicted molar refractivity (Wildman–Crippen MR) is 85.2 cm³/mol. The Morgan fingerprint density at radius 1 is 1.22 bits per heavy atom. The Morgan fingerprint density at radius 3 is 2.57 bits per heavy atom. The molecule has 0 bridgehead atoms. The van der Waals surface area contributed by atoms with Crippen LogP contribution in [-0.2, 0) is 4.79 Å². The van der Waals surface area contributed by atoms with Crippen LogP contribution in [0, 0.1) is 6.92 Å². The van der Waals surface area contributed by atoms with Crippen LogP contribution in [0.25, 0.3) is 0 Å². The number of hydrogen-bond donors (Lipinski definition) is 3. The van der Waals surface area contributed by atoms with Crippen molar-refractivity contribution in [3.8, 4) is 0 Å². The Hall–Kier alpha value is -2.39. The van der Waals surface area contributed by atoms with Crippen LogP contribution in [0.2, 0.25) is 5.02 Å². The predicted octanol–water partition coefficient (Wildman–Crippen LogP) is 0.680. The molecule has 0 fully saturated rings. The molecule has 2 aromatic rings. The van der Waals surface area contributed by atoms with Crippen LogP contribution in [0.3, 0.4) is 0 Å². The lowest BCUT2D eigenvalue weighted by atomic mass is 10.2. The van der Waals surface area contributed by atoms with Crippen LogP contribution in [0.4, 0.5) is 0 Å². The average Bonchev–Trinajstić information content (AvgIpc) is 2.54. The van der Waals surface area contributed by atoms with Gasteiger partial charge in [-0.1, -0.05) is 23.4 Å². The Bertz CT molecular complexity index is 778. The summed E-state index contributed by atoms with van der Waals surface area (Å²) >= 11 is 6.71. The number of hydrogen-bond acceptors (Lipinski definition) is 6. The fourth-order valence-corrected chi connectivity index (χ4v) is 2.14. The monoisotopic (exact) mass is 353 g/mol. The van der Waals surface area contributed by atoms with Crippen molar-refractivity contribution in [3.05, 3.63) is 50.9 Å². The molecule has 1 aromatic carbocycles. The number of aryl methyl sites for hydroxylation is 1. The normalized spacial score (nSPS) is 10.2. The van der Waals surface area contributed by atoms with Crippen molar-refractivity contribution in [2.75, 3.05) is 5.75 Å². The summed E-state index contributed by atoms with van der Waals surface area (Å²) in [5.41, 5.74) is 4.77. The third-order valence-corrected chi connectivity index (χ3v) is 3.72. The minimum absolute atomic E-state index is 0.0470. The van der Waals surface area contributed by atoms with Gasteiger partial charge in [0, 0.05) is 10.6 Å². The van der Waals surface area contributed by atoms with Crippen molar-refractivity contribution in [1.29, 1.82) is 0 Å². The van der Waals surface area contributed by atoms with E-state index in [9.17, 15) is 14.4 Å². The van der Waals surface area contributed by atoms with Crippen LogP contribution in [-0.4, -0.2) is 32.7 Å². The highest BCUT2D eigenvalue weighted by Gasteiger charge is 2.09. The van der Waals surface area contributed by atoms with E-state index >= 15 is 0 Å². The fourth-order valence-electron chi connectivity index (χ4n) is 1.41. The highest BCUT2D eigenvalue weighted by atomic mass is 35.5. The second kappa shape index (κ2) is 7.75. The lowest BCUT2D eigenvalue weighted by Gasteiger charge is -2.07. The Balaban J connectivity index is 1.80. The van der Waals surface area contributed by atoms with Gasteiger partial charge in [-0.2, -0.15) is 0 Å².